The van der Waals surface area contributed by atoms with Crippen molar-refractivity contribution in [1.82, 2.24) is 5.32 Å². The van der Waals surface area contributed by atoms with Crippen LogP contribution in [-0.2, 0) is 16.1 Å². The normalized spacial score (nSPS) is 13.1. The van der Waals surface area contributed by atoms with Crippen LogP contribution in [0.25, 0.3) is 0 Å². The van der Waals surface area contributed by atoms with Crippen molar-refractivity contribution in [2.75, 3.05) is 13.0 Å². The third-order valence-corrected chi connectivity index (χ3v) is 5.01. The Bertz CT molecular complexity index is 873. The van der Waals surface area contributed by atoms with E-state index in [0.29, 0.717) is 11.5 Å². The van der Waals surface area contributed by atoms with Gasteiger partial charge in [-0.15, -0.1) is 11.8 Å². The zero-order valence-electron chi connectivity index (χ0n) is 14.8. The van der Waals surface area contributed by atoms with E-state index in [0.717, 1.165) is 10.5 Å². The largest absolute Gasteiger partial charge is 0.454 e. The first-order valence-corrected chi connectivity index (χ1v) is 9.79. The summed E-state index contributed by atoms with van der Waals surface area (Å²) in [6.45, 7) is 1.98. The van der Waals surface area contributed by atoms with E-state index in [9.17, 15) is 9.59 Å². The summed E-state index contributed by atoms with van der Waals surface area (Å²) >= 11 is 7.55. The van der Waals surface area contributed by atoms with Crippen molar-refractivity contribution in [2.24, 2.45) is 0 Å². The van der Waals surface area contributed by atoms with Crippen molar-refractivity contribution in [3.63, 3.8) is 0 Å². The number of nitrogens with one attached hydrogen (secondary N) is 1. The summed E-state index contributed by atoms with van der Waals surface area (Å²) in [5, 5.41) is 3.02. The average molecular weight is 408 g/mol. The highest BCUT2D eigenvalue weighted by atomic mass is 35.5. The Hall–Kier alpha value is -2.38. The first kappa shape index (κ1) is 19.4. The number of fused-ring (bicyclic) bond motifs is 1. The Labute approximate surface area is 166 Å². The van der Waals surface area contributed by atoms with Crippen molar-refractivity contribution in [3.05, 3.63) is 52.5 Å². The Morgan fingerprint density at radius 1 is 1.22 bits per heavy atom. The lowest BCUT2D eigenvalue weighted by atomic mass is 10.2. The second kappa shape index (κ2) is 8.54. The fourth-order valence-electron chi connectivity index (χ4n) is 2.45. The van der Waals surface area contributed by atoms with Gasteiger partial charge < -0.3 is 19.5 Å². The van der Waals surface area contributed by atoms with Crippen LogP contribution < -0.4 is 14.8 Å². The van der Waals surface area contributed by atoms with Gasteiger partial charge in [-0.1, -0.05) is 17.7 Å². The highest BCUT2D eigenvalue weighted by molar-refractivity contribution is 7.98. The Morgan fingerprint density at radius 3 is 2.78 bits per heavy atom. The Balaban J connectivity index is 1.56. The Morgan fingerprint density at radius 2 is 2.00 bits per heavy atom. The van der Waals surface area contributed by atoms with Gasteiger partial charge in [0, 0.05) is 11.4 Å². The molecule has 0 radical (unpaired) electrons. The molecule has 1 N–H and O–H groups in total. The predicted molar refractivity (Wildman–Crippen MR) is 103 cm³/mol. The summed E-state index contributed by atoms with van der Waals surface area (Å²) in [7, 11) is 0. The molecule has 8 heteroatoms. The lowest BCUT2D eigenvalue weighted by Gasteiger charge is -2.14. The van der Waals surface area contributed by atoms with Gasteiger partial charge in [0.25, 0.3) is 5.91 Å². The molecule has 2 aromatic carbocycles. The molecular weight excluding hydrogens is 390 g/mol. The van der Waals surface area contributed by atoms with Crippen LogP contribution in [0.2, 0.25) is 5.02 Å². The second-order valence-corrected chi connectivity index (χ2v) is 7.09. The summed E-state index contributed by atoms with van der Waals surface area (Å²) in [5.74, 6) is 0.279. The molecule has 0 fully saturated rings. The lowest BCUT2D eigenvalue weighted by molar-refractivity contribution is -0.129. The predicted octanol–water partition coefficient (Wildman–Crippen LogP) is 3.65. The molecule has 0 saturated heterocycles. The summed E-state index contributed by atoms with van der Waals surface area (Å²) in [6, 6.07) is 10.5. The van der Waals surface area contributed by atoms with Crippen LogP contribution in [0.15, 0.2) is 41.3 Å². The van der Waals surface area contributed by atoms with E-state index in [1.807, 2.05) is 18.4 Å². The number of esters is 1. The number of carbonyl (C=O) groups is 2. The topological polar surface area (TPSA) is 73.9 Å². The fourth-order valence-corrected chi connectivity index (χ4v) is 3.08. The summed E-state index contributed by atoms with van der Waals surface area (Å²) in [4.78, 5) is 25.4. The molecule has 0 saturated carbocycles. The molecule has 1 aliphatic heterocycles. The molecule has 27 heavy (non-hydrogen) atoms. The molecule has 2 aromatic rings. The maximum Gasteiger partial charge on any atom is 0.340 e. The summed E-state index contributed by atoms with van der Waals surface area (Å²) < 4.78 is 15.8. The minimum absolute atomic E-state index is 0.193. The molecule has 0 spiro atoms. The van der Waals surface area contributed by atoms with Crippen molar-refractivity contribution < 1.29 is 23.8 Å². The minimum Gasteiger partial charge on any atom is -0.454 e. The van der Waals surface area contributed by atoms with Gasteiger partial charge in [0.1, 0.15) is 0 Å². The molecule has 0 aliphatic carbocycles. The van der Waals surface area contributed by atoms with Gasteiger partial charge >= 0.3 is 5.97 Å². The van der Waals surface area contributed by atoms with E-state index in [-0.39, 0.29) is 23.9 Å². The molecule has 142 valence electrons. The molecule has 0 bridgehead atoms. The molecule has 0 aromatic heterocycles. The van der Waals surface area contributed by atoms with Gasteiger partial charge in [0.2, 0.25) is 6.79 Å². The maximum absolute atomic E-state index is 12.3. The molecule has 1 amide bonds. The number of ether oxygens (including phenoxy) is 3. The monoisotopic (exact) mass is 407 g/mol. The number of hydrogen-bond acceptors (Lipinski definition) is 6. The van der Waals surface area contributed by atoms with Crippen LogP contribution >= 0.6 is 23.4 Å². The summed E-state index contributed by atoms with van der Waals surface area (Å²) in [6.07, 6.45) is 0.936. The van der Waals surface area contributed by atoms with E-state index in [1.165, 1.54) is 18.7 Å². The first-order valence-electron chi connectivity index (χ1n) is 8.18. The number of rotatable bonds is 6. The van der Waals surface area contributed by atoms with Crippen molar-refractivity contribution in [3.8, 4) is 11.5 Å². The standard InChI is InChI=1S/C19H18ClNO5S/c1-11(26-19(23)14-8-13(27-2)4-5-15(14)20)18(22)21-9-12-3-6-16-17(7-12)25-10-24-16/h3-8,11H,9-10H2,1-2H3,(H,21,22). The third-order valence-electron chi connectivity index (χ3n) is 3.95. The van der Waals surface area contributed by atoms with E-state index in [2.05, 4.69) is 5.32 Å². The number of thioether (sulfide) groups is 1. The molecule has 6 nitrogen and oxygen atoms in total. The van der Waals surface area contributed by atoms with Crippen LogP contribution in [0.5, 0.6) is 11.5 Å². The minimum atomic E-state index is -0.958. The van der Waals surface area contributed by atoms with Crippen LogP contribution in [0.3, 0.4) is 0 Å². The quantitative estimate of drug-likeness (QED) is 0.582. The van der Waals surface area contributed by atoms with Crippen LogP contribution in [0.4, 0.5) is 0 Å². The number of halogens is 1. The lowest BCUT2D eigenvalue weighted by Crippen LogP contribution is -2.35. The van der Waals surface area contributed by atoms with Gasteiger partial charge in [-0.3, -0.25) is 4.79 Å². The zero-order valence-corrected chi connectivity index (χ0v) is 16.4. The van der Waals surface area contributed by atoms with Crippen molar-refractivity contribution in [1.29, 1.82) is 0 Å². The molecule has 1 atom stereocenters. The molecule has 1 unspecified atom stereocenters. The number of hydrogen-bond donors (Lipinski definition) is 1. The number of carbonyl (C=O) groups excluding carboxylic acids is 2. The van der Waals surface area contributed by atoms with E-state index < -0.39 is 18.0 Å². The molecule has 3 rings (SSSR count). The molecular formula is C19H18ClNO5S. The maximum atomic E-state index is 12.3. The Kier molecular flexibility index (Phi) is 6.13. The van der Waals surface area contributed by atoms with Crippen molar-refractivity contribution in [2.45, 2.75) is 24.5 Å². The van der Waals surface area contributed by atoms with Gasteiger partial charge in [-0.05, 0) is 49.1 Å². The molecule has 1 aliphatic rings. The average Bonchev–Trinajstić information content (AvgIpc) is 3.14. The van der Waals surface area contributed by atoms with Gasteiger partial charge in [0.05, 0.1) is 10.6 Å². The SMILES string of the molecule is CSc1ccc(Cl)c(C(=O)OC(C)C(=O)NCc2ccc3c(c2)OCO3)c1. The van der Waals surface area contributed by atoms with Crippen LogP contribution in [0.1, 0.15) is 22.8 Å². The first-order chi connectivity index (χ1) is 13.0. The number of amides is 1. The highest BCUT2D eigenvalue weighted by Gasteiger charge is 2.21. The van der Waals surface area contributed by atoms with E-state index in [4.69, 9.17) is 25.8 Å². The van der Waals surface area contributed by atoms with Crippen LogP contribution in [0, 0.1) is 0 Å². The third kappa shape index (κ3) is 4.67. The van der Waals surface area contributed by atoms with Crippen LogP contribution in [-0.4, -0.2) is 31.0 Å². The van der Waals surface area contributed by atoms with Gasteiger partial charge in [0.15, 0.2) is 17.6 Å². The second-order valence-electron chi connectivity index (χ2n) is 5.80. The zero-order chi connectivity index (χ0) is 19.4. The van der Waals surface area contributed by atoms with Gasteiger partial charge in [-0.25, -0.2) is 4.79 Å². The van der Waals surface area contributed by atoms with Crippen molar-refractivity contribution >= 4 is 35.2 Å². The molecule has 1 heterocycles. The number of benzene rings is 2. The van der Waals surface area contributed by atoms with Gasteiger partial charge in [-0.2, -0.15) is 0 Å². The fraction of sp³-hybridized carbons (Fsp3) is 0.263. The smallest absolute Gasteiger partial charge is 0.340 e. The van der Waals surface area contributed by atoms with E-state index >= 15 is 0 Å². The van der Waals surface area contributed by atoms with E-state index in [1.54, 1.807) is 24.3 Å². The summed E-state index contributed by atoms with van der Waals surface area (Å²) in [5.41, 5.74) is 1.08. The highest BCUT2D eigenvalue weighted by Crippen LogP contribution is 2.32.